The zero-order chi connectivity index (χ0) is 14.8. The number of nitrogens with one attached hydrogen (secondary N) is 1. The predicted molar refractivity (Wildman–Crippen MR) is 78.2 cm³/mol. The second-order valence-electron chi connectivity index (χ2n) is 4.98. The van der Waals surface area contributed by atoms with E-state index in [0.717, 1.165) is 11.2 Å². The topological polar surface area (TPSA) is 102 Å². The van der Waals surface area contributed by atoms with Crippen molar-refractivity contribution in [1.29, 1.82) is 0 Å². The number of fused-ring (bicyclic) bond motifs is 1. The van der Waals surface area contributed by atoms with Gasteiger partial charge in [0.05, 0.1) is 11.4 Å². The standard InChI is InChI=1S/C12H19N5O2S/c1-9(2)10-8-11-12(15-5-6-17(11)16-10)14-4-3-7-20(13,18)19/h5-6,8-9H,3-4,7H2,1-2H3,(H,14,15)(H2,13,18,19). The maximum absolute atomic E-state index is 10.9. The fraction of sp³-hybridized carbons (Fsp3) is 0.500. The molecule has 0 saturated carbocycles. The second-order valence-corrected chi connectivity index (χ2v) is 6.71. The van der Waals surface area contributed by atoms with Gasteiger partial charge in [0.1, 0.15) is 5.52 Å². The quantitative estimate of drug-likeness (QED) is 0.773. The summed E-state index contributed by atoms with van der Waals surface area (Å²) in [5.41, 5.74) is 1.87. The molecule has 0 aromatic carbocycles. The van der Waals surface area contributed by atoms with Crippen LogP contribution in [0.15, 0.2) is 18.5 Å². The number of rotatable bonds is 6. The molecule has 0 aliphatic carbocycles. The van der Waals surface area contributed by atoms with E-state index in [1.165, 1.54) is 0 Å². The molecular formula is C12H19N5O2S. The van der Waals surface area contributed by atoms with Gasteiger partial charge in [-0.25, -0.2) is 23.1 Å². The van der Waals surface area contributed by atoms with Crippen molar-refractivity contribution in [1.82, 2.24) is 14.6 Å². The van der Waals surface area contributed by atoms with Crippen molar-refractivity contribution in [3.8, 4) is 0 Å². The lowest BCUT2D eigenvalue weighted by Gasteiger charge is -2.05. The van der Waals surface area contributed by atoms with E-state index in [4.69, 9.17) is 5.14 Å². The largest absolute Gasteiger partial charge is 0.368 e. The van der Waals surface area contributed by atoms with Crippen molar-refractivity contribution in [2.24, 2.45) is 5.14 Å². The molecule has 2 heterocycles. The number of nitrogens with zero attached hydrogens (tertiary/aromatic N) is 3. The Balaban J connectivity index is 2.10. The molecule has 20 heavy (non-hydrogen) atoms. The van der Waals surface area contributed by atoms with E-state index < -0.39 is 10.0 Å². The summed E-state index contributed by atoms with van der Waals surface area (Å²) < 4.78 is 23.5. The van der Waals surface area contributed by atoms with E-state index in [1.54, 1.807) is 16.9 Å². The van der Waals surface area contributed by atoms with Crippen molar-refractivity contribution >= 4 is 21.4 Å². The lowest BCUT2D eigenvalue weighted by atomic mass is 10.1. The molecule has 0 radical (unpaired) electrons. The minimum Gasteiger partial charge on any atom is -0.368 e. The Morgan fingerprint density at radius 2 is 2.20 bits per heavy atom. The van der Waals surface area contributed by atoms with Gasteiger partial charge in [-0.1, -0.05) is 13.8 Å². The van der Waals surface area contributed by atoms with E-state index in [1.807, 2.05) is 6.07 Å². The minimum atomic E-state index is -3.41. The normalized spacial score (nSPS) is 12.2. The third-order valence-corrected chi connectivity index (χ3v) is 3.76. The summed E-state index contributed by atoms with van der Waals surface area (Å²) in [7, 11) is -3.41. The molecule has 0 saturated heterocycles. The summed E-state index contributed by atoms with van der Waals surface area (Å²) >= 11 is 0. The van der Waals surface area contributed by atoms with Gasteiger partial charge in [0.15, 0.2) is 5.82 Å². The van der Waals surface area contributed by atoms with Crippen LogP contribution in [0.2, 0.25) is 0 Å². The van der Waals surface area contributed by atoms with Crippen molar-refractivity contribution in [2.45, 2.75) is 26.2 Å². The zero-order valence-electron chi connectivity index (χ0n) is 11.6. The predicted octanol–water partition coefficient (Wildman–Crippen LogP) is 0.943. The van der Waals surface area contributed by atoms with Crippen LogP contribution in [-0.2, 0) is 10.0 Å². The molecular weight excluding hydrogens is 278 g/mol. The molecule has 110 valence electrons. The first-order valence-corrected chi connectivity index (χ1v) is 8.17. The van der Waals surface area contributed by atoms with E-state index in [-0.39, 0.29) is 5.75 Å². The first-order chi connectivity index (χ1) is 9.37. The molecule has 0 aliphatic rings. The van der Waals surface area contributed by atoms with Crippen LogP contribution in [0, 0.1) is 0 Å². The highest BCUT2D eigenvalue weighted by Gasteiger charge is 2.09. The van der Waals surface area contributed by atoms with Gasteiger partial charge in [0, 0.05) is 18.9 Å². The Kier molecular flexibility index (Phi) is 4.24. The SMILES string of the molecule is CC(C)c1cc2c(NCCCS(N)(=O)=O)nccn2n1. The van der Waals surface area contributed by atoms with Gasteiger partial charge >= 0.3 is 0 Å². The number of aromatic nitrogens is 3. The summed E-state index contributed by atoms with van der Waals surface area (Å²) in [4.78, 5) is 4.26. The van der Waals surface area contributed by atoms with E-state index >= 15 is 0 Å². The smallest absolute Gasteiger partial charge is 0.209 e. The Bertz CT molecular complexity index is 693. The molecule has 0 fully saturated rings. The molecule has 0 bridgehead atoms. The molecule has 0 atom stereocenters. The average molecular weight is 297 g/mol. The second kappa shape index (κ2) is 5.76. The maximum atomic E-state index is 10.9. The molecule has 3 N–H and O–H groups in total. The van der Waals surface area contributed by atoms with Gasteiger partial charge in [0.25, 0.3) is 0 Å². The molecule has 2 aromatic heterocycles. The molecule has 0 aliphatic heterocycles. The Morgan fingerprint density at radius 3 is 2.85 bits per heavy atom. The number of sulfonamides is 1. The number of nitrogens with two attached hydrogens (primary N) is 1. The number of hydrogen-bond donors (Lipinski definition) is 2. The van der Waals surface area contributed by atoms with E-state index in [0.29, 0.717) is 24.7 Å². The van der Waals surface area contributed by atoms with Crippen molar-refractivity contribution in [2.75, 3.05) is 17.6 Å². The highest BCUT2D eigenvalue weighted by molar-refractivity contribution is 7.89. The third kappa shape index (κ3) is 3.67. The van der Waals surface area contributed by atoms with Crippen LogP contribution in [0.5, 0.6) is 0 Å². The van der Waals surface area contributed by atoms with Crippen LogP contribution in [0.1, 0.15) is 31.9 Å². The highest BCUT2D eigenvalue weighted by Crippen LogP contribution is 2.19. The highest BCUT2D eigenvalue weighted by atomic mass is 32.2. The summed E-state index contributed by atoms with van der Waals surface area (Å²) in [5.74, 6) is 0.992. The van der Waals surface area contributed by atoms with Gasteiger partial charge in [-0.3, -0.25) is 0 Å². The molecule has 0 amide bonds. The Hall–Kier alpha value is -1.67. The van der Waals surface area contributed by atoms with Crippen molar-refractivity contribution < 1.29 is 8.42 Å². The lowest BCUT2D eigenvalue weighted by molar-refractivity contribution is 0.596. The van der Waals surface area contributed by atoms with Crippen LogP contribution in [0.3, 0.4) is 0 Å². The summed E-state index contributed by atoms with van der Waals surface area (Å²) in [6.07, 6.45) is 3.88. The minimum absolute atomic E-state index is 0.0420. The van der Waals surface area contributed by atoms with Gasteiger partial charge in [-0.15, -0.1) is 0 Å². The van der Waals surface area contributed by atoms with Crippen LogP contribution < -0.4 is 10.5 Å². The van der Waals surface area contributed by atoms with Crippen LogP contribution in [0.4, 0.5) is 5.82 Å². The molecule has 7 nitrogen and oxygen atoms in total. The Morgan fingerprint density at radius 1 is 1.45 bits per heavy atom. The average Bonchev–Trinajstić information content (AvgIpc) is 2.78. The fourth-order valence-corrected chi connectivity index (χ4v) is 2.39. The Labute approximate surface area is 118 Å². The third-order valence-electron chi connectivity index (χ3n) is 2.90. The van der Waals surface area contributed by atoms with Gasteiger partial charge < -0.3 is 5.32 Å². The summed E-state index contributed by atoms with van der Waals surface area (Å²) in [6, 6.07) is 1.99. The number of hydrogen-bond acceptors (Lipinski definition) is 5. The number of primary sulfonamides is 1. The monoisotopic (exact) mass is 297 g/mol. The molecule has 2 rings (SSSR count). The molecule has 2 aromatic rings. The first-order valence-electron chi connectivity index (χ1n) is 6.45. The first kappa shape index (κ1) is 14.7. The lowest BCUT2D eigenvalue weighted by Crippen LogP contribution is -2.19. The zero-order valence-corrected chi connectivity index (χ0v) is 12.4. The molecule has 0 spiro atoms. The van der Waals surface area contributed by atoms with E-state index in [9.17, 15) is 8.42 Å². The summed E-state index contributed by atoms with van der Waals surface area (Å²) in [6.45, 7) is 4.65. The van der Waals surface area contributed by atoms with Crippen molar-refractivity contribution in [3.63, 3.8) is 0 Å². The van der Waals surface area contributed by atoms with Crippen LogP contribution >= 0.6 is 0 Å². The maximum Gasteiger partial charge on any atom is 0.209 e. The number of anilines is 1. The fourth-order valence-electron chi connectivity index (χ4n) is 1.84. The van der Waals surface area contributed by atoms with Gasteiger partial charge in [0.2, 0.25) is 10.0 Å². The van der Waals surface area contributed by atoms with E-state index in [2.05, 4.69) is 29.2 Å². The van der Waals surface area contributed by atoms with Gasteiger partial charge in [-0.2, -0.15) is 5.10 Å². The molecule has 8 heteroatoms. The molecule has 0 unspecified atom stereocenters. The summed E-state index contributed by atoms with van der Waals surface area (Å²) in [5, 5.41) is 12.5. The van der Waals surface area contributed by atoms with Gasteiger partial charge in [-0.05, 0) is 18.4 Å². The van der Waals surface area contributed by atoms with Crippen LogP contribution in [-0.4, -0.2) is 35.3 Å². The van der Waals surface area contributed by atoms with Crippen LogP contribution in [0.25, 0.3) is 5.52 Å². The van der Waals surface area contributed by atoms with Crippen molar-refractivity contribution in [3.05, 3.63) is 24.2 Å².